The molecular weight excluding hydrogens is 282 g/mol. The highest BCUT2D eigenvalue weighted by molar-refractivity contribution is 8.01. The maximum Gasteiger partial charge on any atom is 0.154 e. The lowest BCUT2D eigenvalue weighted by Gasteiger charge is -2.10. The summed E-state index contributed by atoms with van der Waals surface area (Å²) < 4.78 is 0.980. The Labute approximate surface area is 119 Å². The molecule has 6 heteroatoms. The zero-order valence-corrected chi connectivity index (χ0v) is 12.5. The number of aryl methyl sites for hydroxylation is 1. The summed E-state index contributed by atoms with van der Waals surface area (Å²) in [5.74, 6) is 0.107. The molecule has 0 saturated heterocycles. The van der Waals surface area contributed by atoms with Gasteiger partial charge in [-0.25, -0.2) is 4.98 Å². The standard InChI is InChI=1S/C12H13N3S3/c1-7-6-17-12(15-7)18-9-5-3-4-8(16-2)10(9)11(13)14/h3-6H,1-2H3,(H3,13,14). The number of rotatable bonds is 4. The van der Waals surface area contributed by atoms with E-state index in [4.69, 9.17) is 11.1 Å². The molecule has 3 nitrogen and oxygen atoms in total. The second-order valence-corrected chi connectivity index (χ2v) is 6.60. The van der Waals surface area contributed by atoms with Gasteiger partial charge in [-0.05, 0) is 25.3 Å². The summed E-state index contributed by atoms with van der Waals surface area (Å²) in [4.78, 5) is 6.44. The number of nitrogen functional groups attached to an aromatic ring is 1. The minimum absolute atomic E-state index is 0.107. The molecule has 0 spiro atoms. The van der Waals surface area contributed by atoms with Crippen LogP contribution in [0, 0.1) is 12.3 Å². The molecule has 0 bridgehead atoms. The van der Waals surface area contributed by atoms with Crippen molar-refractivity contribution >= 4 is 40.7 Å². The summed E-state index contributed by atoms with van der Waals surface area (Å²) in [5.41, 5.74) is 7.52. The molecule has 1 aromatic carbocycles. The van der Waals surface area contributed by atoms with Gasteiger partial charge in [0.2, 0.25) is 0 Å². The summed E-state index contributed by atoms with van der Waals surface area (Å²) in [6.45, 7) is 1.98. The molecule has 0 unspecified atom stereocenters. The second-order valence-electron chi connectivity index (χ2n) is 3.60. The van der Waals surface area contributed by atoms with E-state index < -0.39 is 0 Å². The van der Waals surface area contributed by atoms with Crippen molar-refractivity contribution in [2.45, 2.75) is 21.1 Å². The van der Waals surface area contributed by atoms with Crippen molar-refractivity contribution in [3.8, 4) is 0 Å². The highest BCUT2D eigenvalue weighted by atomic mass is 32.2. The van der Waals surface area contributed by atoms with Crippen molar-refractivity contribution in [2.24, 2.45) is 5.73 Å². The monoisotopic (exact) mass is 295 g/mol. The molecule has 1 aromatic heterocycles. The molecule has 0 aliphatic heterocycles. The summed E-state index contributed by atoms with van der Waals surface area (Å²) in [5, 5.41) is 9.75. The van der Waals surface area contributed by atoms with Crippen LogP contribution in [0.15, 0.2) is 37.7 Å². The smallest absolute Gasteiger partial charge is 0.154 e. The van der Waals surface area contributed by atoms with Crippen LogP contribution in [0.4, 0.5) is 0 Å². The van der Waals surface area contributed by atoms with Crippen LogP contribution >= 0.6 is 34.9 Å². The molecule has 0 fully saturated rings. The highest BCUT2D eigenvalue weighted by Crippen LogP contribution is 2.35. The SMILES string of the molecule is CSc1cccc(Sc2nc(C)cs2)c1C(=N)N. The van der Waals surface area contributed by atoms with Gasteiger partial charge >= 0.3 is 0 Å². The van der Waals surface area contributed by atoms with Gasteiger partial charge in [0.1, 0.15) is 5.84 Å². The third-order valence-corrected chi connectivity index (χ3v) is 5.17. The van der Waals surface area contributed by atoms with Crippen LogP contribution in [0.25, 0.3) is 0 Å². The van der Waals surface area contributed by atoms with Gasteiger partial charge in [-0.3, -0.25) is 5.41 Å². The lowest BCUT2D eigenvalue weighted by Crippen LogP contribution is -2.13. The summed E-state index contributed by atoms with van der Waals surface area (Å²) >= 11 is 4.78. The first-order chi connectivity index (χ1) is 8.61. The number of thioether (sulfide) groups is 1. The van der Waals surface area contributed by atoms with Gasteiger partial charge in [0, 0.05) is 26.4 Å². The molecule has 94 valence electrons. The third-order valence-electron chi connectivity index (χ3n) is 2.27. The molecule has 2 rings (SSSR count). The van der Waals surface area contributed by atoms with Gasteiger partial charge in [0.25, 0.3) is 0 Å². The normalized spacial score (nSPS) is 10.6. The molecule has 1 heterocycles. The summed E-state index contributed by atoms with van der Waals surface area (Å²) in [6.07, 6.45) is 1.99. The Hall–Kier alpha value is -0.980. The first-order valence-electron chi connectivity index (χ1n) is 5.23. The number of hydrogen-bond acceptors (Lipinski definition) is 5. The van der Waals surface area contributed by atoms with Crippen LogP contribution in [0.2, 0.25) is 0 Å². The van der Waals surface area contributed by atoms with E-state index in [1.165, 1.54) is 0 Å². The number of hydrogen-bond donors (Lipinski definition) is 2. The Balaban J connectivity index is 2.41. The summed E-state index contributed by atoms with van der Waals surface area (Å²) in [7, 11) is 0. The molecule has 2 aromatic rings. The minimum atomic E-state index is 0.107. The Bertz CT molecular complexity index is 578. The van der Waals surface area contributed by atoms with Crippen LogP contribution in [-0.2, 0) is 0 Å². The van der Waals surface area contributed by atoms with E-state index in [1.54, 1.807) is 34.9 Å². The molecule has 0 saturated carbocycles. The maximum atomic E-state index is 7.73. The van der Waals surface area contributed by atoms with Crippen LogP contribution in [0.1, 0.15) is 11.3 Å². The lowest BCUT2D eigenvalue weighted by molar-refractivity contribution is 1.15. The van der Waals surface area contributed by atoms with E-state index in [2.05, 4.69) is 4.98 Å². The second kappa shape index (κ2) is 5.77. The maximum absolute atomic E-state index is 7.73. The Morgan fingerprint density at radius 3 is 2.67 bits per heavy atom. The molecule has 3 N–H and O–H groups in total. The zero-order valence-electron chi connectivity index (χ0n) is 10.1. The molecule has 18 heavy (non-hydrogen) atoms. The largest absolute Gasteiger partial charge is 0.384 e. The third kappa shape index (κ3) is 2.88. The number of nitrogens with two attached hydrogens (primary N) is 1. The predicted molar refractivity (Wildman–Crippen MR) is 80.2 cm³/mol. The lowest BCUT2D eigenvalue weighted by atomic mass is 10.2. The van der Waals surface area contributed by atoms with Crippen molar-refractivity contribution in [1.29, 1.82) is 5.41 Å². The first-order valence-corrected chi connectivity index (χ1v) is 8.15. The van der Waals surface area contributed by atoms with Crippen molar-refractivity contribution < 1.29 is 0 Å². The molecule has 0 radical (unpaired) electrons. The van der Waals surface area contributed by atoms with Crippen molar-refractivity contribution in [2.75, 3.05) is 6.26 Å². The zero-order chi connectivity index (χ0) is 13.1. The van der Waals surface area contributed by atoms with E-state index in [0.717, 1.165) is 25.4 Å². The van der Waals surface area contributed by atoms with E-state index in [1.807, 2.05) is 36.8 Å². The number of aromatic nitrogens is 1. The number of thiazole rings is 1. The van der Waals surface area contributed by atoms with E-state index >= 15 is 0 Å². The van der Waals surface area contributed by atoms with Crippen molar-refractivity contribution in [1.82, 2.24) is 4.98 Å². The van der Waals surface area contributed by atoms with Crippen molar-refractivity contribution in [3.05, 3.63) is 34.8 Å². The molecule has 0 atom stereocenters. The molecule has 0 amide bonds. The average Bonchev–Trinajstić information content (AvgIpc) is 2.74. The minimum Gasteiger partial charge on any atom is -0.384 e. The van der Waals surface area contributed by atoms with Gasteiger partial charge in [-0.15, -0.1) is 23.1 Å². The fraction of sp³-hybridized carbons (Fsp3) is 0.167. The fourth-order valence-electron chi connectivity index (χ4n) is 1.50. The Morgan fingerprint density at radius 2 is 2.11 bits per heavy atom. The van der Waals surface area contributed by atoms with E-state index in [-0.39, 0.29) is 5.84 Å². The average molecular weight is 295 g/mol. The van der Waals surface area contributed by atoms with Crippen molar-refractivity contribution in [3.63, 3.8) is 0 Å². The highest BCUT2D eigenvalue weighted by Gasteiger charge is 2.13. The Morgan fingerprint density at radius 1 is 1.39 bits per heavy atom. The van der Waals surface area contributed by atoms with Crippen LogP contribution in [-0.4, -0.2) is 17.1 Å². The molecular formula is C12H13N3S3. The molecule has 0 aliphatic rings. The van der Waals surface area contributed by atoms with Gasteiger partial charge in [-0.1, -0.05) is 17.8 Å². The Kier molecular flexibility index (Phi) is 4.31. The first kappa shape index (κ1) is 13.5. The number of nitrogens with one attached hydrogen (secondary N) is 1. The van der Waals surface area contributed by atoms with Crippen LogP contribution < -0.4 is 5.73 Å². The van der Waals surface area contributed by atoms with Gasteiger partial charge < -0.3 is 5.73 Å². The molecule has 0 aliphatic carbocycles. The van der Waals surface area contributed by atoms with E-state index in [0.29, 0.717) is 0 Å². The predicted octanol–water partition coefficient (Wildman–Crippen LogP) is 3.61. The quantitative estimate of drug-likeness (QED) is 0.514. The van der Waals surface area contributed by atoms with Crippen LogP contribution in [0.3, 0.4) is 0 Å². The number of benzene rings is 1. The summed E-state index contributed by atoms with van der Waals surface area (Å²) in [6, 6.07) is 5.96. The van der Waals surface area contributed by atoms with Gasteiger partial charge in [0.15, 0.2) is 4.34 Å². The topological polar surface area (TPSA) is 62.8 Å². The van der Waals surface area contributed by atoms with E-state index in [9.17, 15) is 0 Å². The number of nitrogens with zero attached hydrogens (tertiary/aromatic N) is 1. The van der Waals surface area contributed by atoms with Gasteiger partial charge in [0.05, 0.1) is 0 Å². The number of amidine groups is 1. The fourth-order valence-corrected chi connectivity index (χ4v) is 4.18. The van der Waals surface area contributed by atoms with Gasteiger partial charge in [-0.2, -0.15) is 0 Å². The van der Waals surface area contributed by atoms with Crippen LogP contribution in [0.5, 0.6) is 0 Å².